The van der Waals surface area contributed by atoms with E-state index in [-0.39, 0.29) is 12.4 Å². The summed E-state index contributed by atoms with van der Waals surface area (Å²) in [7, 11) is 0. The number of amides is 1. The standard InChI is InChI=1S/C12H13FN2O3/c13-9-3-1-8(2-4-9)11-7-10(14-18)5-6-15(11)12(16)17/h1-4,11,18H,5-7H2,(H,16,17)/b14-10-. The van der Waals surface area contributed by atoms with Crippen molar-refractivity contribution < 1.29 is 19.5 Å². The fraction of sp³-hybridized carbons (Fsp3) is 0.333. The van der Waals surface area contributed by atoms with Gasteiger partial charge < -0.3 is 15.2 Å². The average Bonchev–Trinajstić information content (AvgIpc) is 2.38. The van der Waals surface area contributed by atoms with E-state index in [1.807, 2.05) is 0 Å². The summed E-state index contributed by atoms with van der Waals surface area (Å²) in [5.74, 6) is -0.368. The minimum atomic E-state index is -1.03. The summed E-state index contributed by atoms with van der Waals surface area (Å²) in [6.45, 7) is 0.275. The number of oxime groups is 1. The van der Waals surface area contributed by atoms with Crippen molar-refractivity contribution in [2.24, 2.45) is 5.16 Å². The molecule has 0 aromatic heterocycles. The highest BCUT2D eigenvalue weighted by atomic mass is 19.1. The second kappa shape index (κ2) is 5.03. The summed E-state index contributed by atoms with van der Waals surface area (Å²) < 4.78 is 12.9. The molecular formula is C12H13FN2O3. The summed E-state index contributed by atoms with van der Waals surface area (Å²) in [5.41, 5.74) is 1.25. The van der Waals surface area contributed by atoms with Gasteiger partial charge in [-0.2, -0.15) is 0 Å². The molecule has 2 N–H and O–H groups in total. The van der Waals surface area contributed by atoms with E-state index in [0.29, 0.717) is 24.1 Å². The number of likely N-dealkylation sites (tertiary alicyclic amines) is 1. The molecule has 1 heterocycles. The van der Waals surface area contributed by atoms with Crippen LogP contribution in [0.4, 0.5) is 9.18 Å². The Kier molecular flexibility index (Phi) is 3.45. The van der Waals surface area contributed by atoms with Crippen molar-refractivity contribution in [3.05, 3.63) is 35.6 Å². The minimum absolute atomic E-state index is 0.275. The lowest BCUT2D eigenvalue weighted by molar-refractivity contribution is 0.121. The maximum atomic E-state index is 12.9. The number of carbonyl (C=O) groups is 1. The highest BCUT2D eigenvalue weighted by molar-refractivity contribution is 5.87. The maximum absolute atomic E-state index is 12.9. The molecule has 1 saturated heterocycles. The second-order valence-electron chi connectivity index (χ2n) is 4.16. The van der Waals surface area contributed by atoms with Crippen LogP contribution in [0.5, 0.6) is 0 Å². The summed E-state index contributed by atoms with van der Waals surface area (Å²) in [4.78, 5) is 12.4. The van der Waals surface area contributed by atoms with Crippen molar-refractivity contribution in [2.75, 3.05) is 6.54 Å². The van der Waals surface area contributed by atoms with Crippen molar-refractivity contribution in [2.45, 2.75) is 18.9 Å². The first-order valence-electron chi connectivity index (χ1n) is 5.56. The van der Waals surface area contributed by atoms with Gasteiger partial charge in [0.15, 0.2) is 0 Å². The van der Waals surface area contributed by atoms with Crippen molar-refractivity contribution >= 4 is 11.8 Å². The molecule has 1 fully saturated rings. The van der Waals surface area contributed by atoms with Crippen LogP contribution in [0, 0.1) is 5.82 Å². The summed E-state index contributed by atoms with van der Waals surface area (Å²) in [6, 6.07) is 5.26. The predicted octanol–water partition coefficient (Wildman–Crippen LogP) is 2.47. The number of piperidine rings is 1. The highest BCUT2D eigenvalue weighted by Crippen LogP contribution is 2.29. The lowest BCUT2D eigenvalue weighted by atomic mass is 9.94. The van der Waals surface area contributed by atoms with Crippen LogP contribution in [0.1, 0.15) is 24.4 Å². The van der Waals surface area contributed by atoms with E-state index in [9.17, 15) is 9.18 Å². The van der Waals surface area contributed by atoms with Crippen LogP contribution in [0.3, 0.4) is 0 Å². The third-order valence-corrected chi connectivity index (χ3v) is 3.09. The molecule has 6 heteroatoms. The zero-order valence-electron chi connectivity index (χ0n) is 9.58. The Hall–Kier alpha value is -2.11. The zero-order chi connectivity index (χ0) is 13.1. The number of hydrogen-bond acceptors (Lipinski definition) is 3. The van der Waals surface area contributed by atoms with E-state index in [2.05, 4.69) is 5.16 Å². The molecule has 1 aliphatic heterocycles. The summed E-state index contributed by atoms with van der Waals surface area (Å²) in [5, 5.41) is 21.1. The van der Waals surface area contributed by atoms with Gasteiger partial charge in [-0.05, 0) is 17.7 Å². The molecule has 0 bridgehead atoms. The van der Waals surface area contributed by atoms with Crippen molar-refractivity contribution in [1.82, 2.24) is 4.90 Å². The quantitative estimate of drug-likeness (QED) is 0.595. The molecule has 0 radical (unpaired) electrons. The van der Waals surface area contributed by atoms with Crippen molar-refractivity contribution in [3.63, 3.8) is 0 Å². The number of halogens is 1. The normalized spacial score (nSPS) is 22.2. The molecule has 1 unspecified atom stereocenters. The van der Waals surface area contributed by atoms with E-state index in [1.165, 1.54) is 17.0 Å². The molecule has 0 spiro atoms. The Bertz CT molecular complexity index is 473. The third-order valence-electron chi connectivity index (χ3n) is 3.09. The molecule has 0 saturated carbocycles. The lowest BCUT2D eigenvalue weighted by Gasteiger charge is -2.34. The number of hydrogen-bond donors (Lipinski definition) is 2. The van der Waals surface area contributed by atoms with Gasteiger partial charge in [0.2, 0.25) is 0 Å². The van der Waals surface area contributed by atoms with Gasteiger partial charge in [0, 0.05) is 19.4 Å². The molecule has 0 aliphatic carbocycles. The second-order valence-corrected chi connectivity index (χ2v) is 4.16. The zero-order valence-corrected chi connectivity index (χ0v) is 9.58. The predicted molar refractivity (Wildman–Crippen MR) is 62.3 cm³/mol. The molecule has 18 heavy (non-hydrogen) atoms. The fourth-order valence-corrected chi connectivity index (χ4v) is 2.14. The number of nitrogens with zero attached hydrogens (tertiary/aromatic N) is 2. The Balaban J connectivity index is 2.29. The van der Waals surface area contributed by atoms with E-state index in [4.69, 9.17) is 10.3 Å². The molecule has 5 nitrogen and oxygen atoms in total. The van der Waals surface area contributed by atoms with Crippen molar-refractivity contribution in [3.8, 4) is 0 Å². The molecule has 96 valence electrons. The van der Waals surface area contributed by atoms with Crippen LogP contribution in [0.2, 0.25) is 0 Å². The van der Waals surface area contributed by atoms with Crippen LogP contribution in [-0.2, 0) is 0 Å². The van der Waals surface area contributed by atoms with Crippen LogP contribution < -0.4 is 0 Å². The Morgan fingerprint density at radius 2 is 2.06 bits per heavy atom. The molecule has 1 aromatic carbocycles. The number of benzene rings is 1. The number of rotatable bonds is 1. The smallest absolute Gasteiger partial charge is 0.407 e. The molecule has 2 rings (SSSR count). The third kappa shape index (κ3) is 2.42. The van der Waals surface area contributed by atoms with E-state index < -0.39 is 12.1 Å². The van der Waals surface area contributed by atoms with Crippen LogP contribution in [0.15, 0.2) is 29.4 Å². The summed E-state index contributed by atoms with van der Waals surface area (Å²) >= 11 is 0. The molecule has 1 atom stereocenters. The number of carboxylic acid groups (broad SMARTS) is 1. The van der Waals surface area contributed by atoms with Gasteiger partial charge in [-0.1, -0.05) is 17.3 Å². The lowest BCUT2D eigenvalue weighted by Crippen LogP contribution is -2.40. The Labute approximate surface area is 103 Å². The molecular weight excluding hydrogens is 239 g/mol. The van der Waals surface area contributed by atoms with Gasteiger partial charge in [-0.15, -0.1) is 0 Å². The van der Waals surface area contributed by atoms with E-state index in [0.717, 1.165) is 0 Å². The van der Waals surface area contributed by atoms with Crippen LogP contribution in [-0.4, -0.2) is 33.6 Å². The maximum Gasteiger partial charge on any atom is 0.407 e. The van der Waals surface area contributed by atoms with Crippen LogP contribution in [0.25, 0.3) is 0 Å². The first-order chi connectivity index (χ1) is 8.61. The molecule has 1 aromatic rings. The first kappa shape index (κ1) is 12.3. The fourth-order valence-electron chi connectivity index (χ4n) is 2.14. The highest BCUT2D eigenvalue weighted by Gasteiger charge is 2.30. The van der Waals surface area contributed by atoms with Gasteiger partial charge in [0.05, 0.1) is 11.8 Å². The largest absolute Gasteiger partial charge is 0.465 e. The monoisotopic (exact) mass is 252 g/mol. The van der Waals surface area contributed by atoms with Crippen LogP contribution >= 0.6 is 0 Å². The average molecular weight is 252 g/mol. The van der Waals surface area contributed by atoms with E-state index in [1.54, 1.807) is 12.1 Å². The first-order valence-corrected chi connectivity index (χ1v) is 5.56. The van der Waals surface area contributed by atoms with E-state index >= 15 is 0 Å². The van der Waals surface area contributed by atoms with Gasteiger partial charge in [0.25, 0.3) is 0 Å². The van der Waals surface area contributed by atoms with Gasteiger partial charge in [-0.3, -0.25) is 0 Å². The van der Waals surface area contributed by atoms with Gasteiger partial charge >= 0.3 is 6.09 Å². The summed E-state index contributed by atoms with van der Waals surface area (Å²) in [6.07, 6.45) is -0.282. The van der Waals surface area contributed by atoms with Gasteiger partial charge in [0.1, 0.15) is 5.82 Å². The SMILES string of the molecule is O=C(O)N1CC/C(=N/O)CC1c1ccc(F)cc1. The molecule has 1 amide bonds. The van der Waals surface area contributed by atoms with Gasteiger partial charge in [-0.25, -0.2) is 9.18 Å². The van der Waals surface area contributed by atoms with Crippen molar-refractivity contribution in [1.29, 1.82) is 0 Å². The molecule has 1 aliphatic rings. The minimum Gasteiger partial charge on any atom is -0.465 e. The topological polar surface area (TPSA) is 73.1 Å². The Morgan fingerprint density at radius 3 is 2.61 bits per heavy atom. The Morgan fingerprint density at radius 1 is 1.39 bits per heavy atom.